The van der Waals surface area contributed by atoms with Gasteiger partial charge in [-0.1, -0.05) is 54.6 Å². The van der Waals surface area contributed by atoms with Gasteiger partial charge >= 0.3 is 0 Å². The lowest BCUT2D eigenvalue weighted by atomic mass is 10.0. The van der Waals surface area contributed by atoms with Crippen LogP contribution in [0, 0.1) is 6.92 Å². The molecule has 0 N–H and O–H groups in total. The van der Waals surface area contributed by atoms with Crippen LogP contribution in [0.3, 0.4) is 0 Å². The SMILES string of the molecule is COc1c(C)ccc(C(=O)N(C)c2ccccc2-c2ccccc2)c1OC. The van der Waals surface area contributed by atoms with Crippen molar-refractivity contribution in [3.63, 3.8) is 0 Å². The van der Waals surface area contributed by atoms with Crippen molar-refractivity contribution >= 4 is 11.6 Å². The highest BCUT2D eigenvalue weighted by molar-refractivity contribution is 6.09. The zero-order valence-electron chi connectivity index (χ0n) is 16.0. The number of para-hydroxylation sites is 1. The summed E-state index contributed by atoms with van der Waals surface area (Å²) < 4.78 is 10.9. The highest BCUT2D eigenvalue weighted by atomic mass is 16.5. The zero-order valence-corrected chi connectivity index (χ0v) is 16.0. The van der Waals surface area contributed by atoms with Crippen molar-refractivity contribution in [1.29, 1.82) is 0 Å². The Morgan fingerprint density at radius 1 is 0.815 bits per heavy atom. The van der Waals surface area contributed by atoms with E-state index in [4.69, 9.17) is 9.47 Å². The molecule has 3 aromatic rings. The van der Waals surface area contributed by atoms with Gasteiger partial charge in [-0.25, -0.2) is 0 Å². The topological polar surface area (TPSA) is 38.8 Å². The third-order valence-electron chi connectivity index (χ3n) is 4.60. The molecule has 4 heteroatoms. The molecule has 0 saturated heterocycles. The van der Waals surface area contributed by atoms with Crippen LogP contribution in [0.5, 0.6) is 11.5 Å². The minimum Gasteiger partial charge on any atom is -0.493 e. The normalized spacial score (nSPS) is 10.4. The molecule has 0 atom stereocenters. The molecule has 4 nitrogen and oxygen atoms in total. The van der Waals surface area contributed by atoms with Crippen LogP contribution in [0.1, 0.15) is 15.9 Å². The van der Waals surface area contributed by atoms with Gasteiger partial charge in [-0.3, -0.25) is 4.79 Å². The molecule has 0 aliphatic carbocycles. The fourth-order valence-corrected chi connectivity index (χ4v) is 3.20. The quantitative estimate of drug-likeness (QED) is 0.645. The molecule has 0 heterocycles. The molecule has 138 valence electrons. The number of ether oxygens (including phenoxy) is 2. The summed E-state index contributed by atoms with van der Waals surface area (Å²) >= 11 is 0. The Balaban J connectivity index is 2.06. The van der Waals surface area contributed by atoms with Gasteiger partial charge in [0.1, 0.15) is 0 Å². The predicted molar refractivity (Wildman–Crippen MR) is 109 cm³/mol. The van der Waals surface area contributed by atoms with E-state index in [1.165, 1.54) is 0 Å². The lowest BCUT2D eigenvalue weighted by molar-refractivity contribution is 0.0989. The molecule has 0 fully saturated rings. The van der Waals surface area contributed by atoms with Gasteiger partial charge in [0, 0.05) is 12.6 Å². The van der Waals surface area contributed by atoms with Gasteiger partial charge in [-0.2, -0.15) is 0 Å². The van der Waals surface area contributed by atoms with Gasteiger partial charge in [0.05, 0.1) is 25.5 Å². The first-order chi connectivity index (χ1) is 13.1. The Kier molecular flexibility index (Phi) is 5.46. The van der Waals surface area contributed by atoms with E-state index in [0.29, 0.717) is 17.1 Å². The number of carbonyl (C=O) groups is 1. The monoisotopic (exact) mass is 361 g/mol. The Morgan fingerprint density at radius 2 is 1.44 bits per heavy atom. The number of hydrogen-bond donors (Lipinski definition) is 0. The first-order valence-electron chi connectivity index (χ1n) is 8.72. The highest BCUT2D eigenvalue weighted by Crippen LogP contribution is 2.37. The molecule has 0 aliphatic heterocycles. The third kappa shape index (κ3) is 3.51. The Hall–Kier alpha value is -3.27. The fourth-order valence-electron chi connectivity index (χ4n) is 3.20. The first kappa shape index (κ1) is 18.5. The minimum absolute atomic E-state index is 0.159. The lowest BCUT2D eigenvalue weighted by Crippen LogP contribution is -2.27. The number of hydrogen-bond acceptors (Lipinski definition) is 3. The summed E-state index contributed by atoms with van der Waals surface area (Å²) in [4.78, 5) is 14.9. The molecule has 0 unspecified atom stereocenters. The van der Waals surface area contributed by atoms with Gasteiger partial charge in [0.2, 0.25) is 0 Å². The average molecular weight is 361 g/mol. The van der Waals surface area contributed by atoms with E-state index in [9.17, 15) is 4.79 Å². The van der Waals surface area contributed by atoms with E-state index in [1.807, 2.05) is 67.6 Å². The molecule has 3 aromatic carbocycles. The molecule has 0 radical (unpaired) electrons. The van der Waals surface area contributed by atoms with E-state index < -0.39 is 0 Å². The van der Waals surface area contributed by atoms with Gasteiger partial charge in [0.25, 0.3) is 5.91 Å². The Morgan fingerprint density at radius 3 is 2.11 bits per heavy atom. The van der Waals surface area contributed by atoms with Crippen LogP contribution in [-0.4, -0.2) is 27.2 Å². The van der Waals surface area contributed by atoms with E-state index in [2.05, 4.69) is 0 Å². The molecule has 0 aliphatic rings. The summed E-state index contributed by atoms with van der Waals surface area (Å²) in [5.74, 6) is 0.869. The highest BCUT2D eigenvalue weighted by Gasteiger charge is 2.23. The molecular weight excluding hydrogens is 338 g/mol. The van der Waals surface area contributed by atoms with E-state index in [-0.39, 0.29) is 5.91 Å². The van der Waals surface area contributed by atoms with Crippen molar-refractivity contribution in [2.75, 3.05) is 26.2 Å². The van der Waals surface area contributed by atoms with Crippen LogP contribution in [0.4, 0.5) is 5.69 Å². The summed E-state index contributed by atoms with van der Waals surface area (Å²) in [5, 5.41) is 0. The molecule has 27 heavy (non-hydrogen) atoms. The third-order valence-corrected chi connectivity index (χ3v) is 4.60. The van der Waals surface area contributed by atoms with Crippen molar-refractivity contribution < 1.29 is 14.3 Å². The van der Waals surface area contributed by atoms with Crippen molar-refractivity contribution in [3.8, 4) is 22.6 Å². The van der Waals surface area contributed by atoms with Gasteiger partial charge < -0.3 is 14.4 Å². The maximum atomic E-state index is 13.3. The first-order valence-corrected chi connectivity index (χ1v) is 8.72. The standard InChI is InChI=1S/C23H23NO3/c1-16-14-15-19(22(27-4)21(16)26-3)23(25)24(2)20-13-9-8-12-18(20)17-10-6-5-7-11-17/h5-15H,1-4H3. The molecule has 0 spiro atoms. The van der Waals surface area contributed by atoms with Gasteiger partial charge in [-0.05, 0) is 30.2 Å². The summed E-state index contributed by atoms with van der Waals surface area (Å²) in [6.07, 6.45) is 0. The molecule has 0 aromatic heterocycles. The lowest BCUT2D eigenvalue weighted by Gasteiger charge is -2.23. The molecule has 0 bridgehead atoms. The van der Waals surface area contributed by atoms with Crippen LogP contribution < -0.4 is 14.4 Å². The number of methoxy groups -OCH3 is 2. The number of anilines is 1. The van der Waals surface area contributed by atoms with E-state index in [1.54, 1.807) is 32.2 Å². The number of benzene rings is 3. The summed E-state index contributed by atoms with van der Waals surface area (Å²) in [7, 11) is 4.90. The van der Waals surface area contributed by atoms with Gasteiger partial charge in [-0.15, -0.1) is 0 Å². The fraction of sp³-hybridized carbons (Fsp3) is 0.174. The van der Waals surface area contributed by atoms with Crippen LogP contribution in [-0.2, 0) is 0 Å². The average Bonchev–Trinajstić information content (AvgIpc) is 2.73. The zero-order chi connectivity index (χ0) is 19.4. The second-order valence-electron chi connectivity index (χ2n) is 6.24. The van der Waals surface area contributed by atoms with Crippen molar-refractivity contribution in [3.05, 3.63) is 77.9 Å². The Bertz CT molecular complexity index is 951. The minimum atomic E-state index is -0.159. The number of nitrogens with zero attached hydrogens (tertiary/aromatic N) is 1. The number of amides is 1. The molecule has 1 amide bonds. The summed E-state index contributed by atoms with van der Waals surface area (Å²) in [5.41, 5.74) is 4.26. The molecule has 0 saturated carbocycles. The van der Waals surface area contributed by atoms with Crippen LogP contribution in [0.25, 0.3) is 11.1 Å². The second kappa shape index (κ2) is 7.96. The second-order valence-corrected chi connectivity index (χ2v) is 6.24. The van der Waals surface area contributed by atoms with Gasteiger partial charge in [0.15, 0.2) is 11.5 Å². The summed E-state index contributed by atoms with van der Waals surface area (Å²) in [6, 6.07) is 21.5. The maximum absolute atomic E-state index is 13.3. The van der Waals surface area contributed by atoms with Crippen molar-refractivity contribution in [2.45, 2.75) is 6.92 Å². The predicted octanol–water partition coefficient (Wildman–Crippen LogP) is 4.96. The van der Waals surface area contributed by atoms with Crippen LogP contribution in [0.15, 0.2) is 66.7 Å². The van der Waals surface area contributed by atoms with Crippen molar-refractivity contribution in [1.82, 2.24) is 0 Å². The van der Waals surface area contributed by atoms with Crippen LogP contribution >= 0.6 is 0 Å². The summed E-state index contributed by atoms with van der Waals surface area (Å²) in [6.45, 7) is 1.92. The molecule has 3 rings (SSSR count). The Labute approximate surface area is 160 Å². The number of carbonyl (C=O) groups excluding carboxylic acids is 1. The van der Waals surface area contributed by atoms with E-state index in [0.717, 1.165) is 22.4 Å². The number of rotatable bonds is 5. The van der Waals surface area contributed by atoms with E-state index >= 15 is 0 Å². The largest absolute Gasteiger partial charge is 0.493 e. The number of aryl methyl sites for hydroxylation is 1. The molecular formula is C23H23NO3. The van der Waals surface area contributed by atoms with Crippen molar-refractivity contribution in [2.24, 2.45) is 0 Å². The smallest absolute Gasteiger partial charge is 0.261 e. The van der Waals surface area contributed by atoms with Crippen LogP contribution in [0.2, 0.25) is 0 Å². The maximum Gasteiger partial charge on any atom is 0.261 e.